The summed E-state index contributed by atoms with van der Waals surface area (Å²) in [4.78, 5) is 13.6. The van der Waals surface area contributed by atoms with E-state index >= 15 is 0 Å². The van der Waals surface area contributed by atoms with Crippen LogP contribution in [-0.2, 0) is 27.7 Å². The number of nitrogens with one attached hydrogen (secondary N) is 1. The summed E-state index contributed by atoms with van der Waals surface area (Å²) in [5, 5.41) is 0. The van der Waals surface area contributed by atoms with E-state index in [1.54, 1.807) is 23.1 Å². The van der Waals surface area contributed by atoms with Crippen LogP contribution in [0.15, 0.2) is 53.4 Å². The van der Waals surface area contributed by atoms with Crippen LogP contribution in [-0.4, -0.2) is 26.4 Å². The number of anilines is 1. The molecular weight excluding hydrogens is 348 g/mol. The Labute approximate surface area is 155 Å². The number of sulfonamides is 1. The van der Waals surface area contributed by atoms with Gasteiger partial charge in [0.05, 0.1) is 4.90 Å². The first-order valence-corrected chi connectivity index (χ1v) is 10.2. The fourth-order valence-electron chi connectivity index (χ4n) is 3.44. The summed E-state index contributed by atoms with van der Waals surface area (Å²) in [7, 11) is -3.65. The second-order valence-electron chi connectivity index (χ2n) is 7.36. The van der Waals surface area contributed by atoms with Crippen molar-refractivity contribution in [2.75, 3.05) is 11.4 Å². The number of fused-ring (bicyclic) bond motifs is 1. The number of rotatable bonds is 5. The van der Waals surface area contributed by atoms with Gasteiger partial charge in [-0.25, -0.2) is 13.1 Å². The summed E-state index contributed by atoms with van der Waals surface area (Å²) < 4.78 is 28.5. The first-order chi connectivity index (χ1) is 12.2. The predicted molar refractivity (Wildman–Crippen MR) is 103 cm³/mol. The van der Waals surface area contributed by atoms with Crippen molar-refractivity contribution in [2.45, 2.75) is 44.0 Å². The fraction of sp³-hybridized carbons (Fsp3) is 0.350. The van der Waals surface area contributed by atoms with Crippen LogP contribution in [0.5, 0.6) is 0 Å². The summed E-state index contributed by atoms with van der Waals surface area (Å²) in [6.45, 7) is 5.87. The summed E-state index contributed by atoms with van der Waals surface area (Å²) >= 11 is 0. The van der Waals surface area contributed by atoms with Crippen molar-refractivity contribution in [1.29, 1.82) is 0 Å². The Morgan fingerprint density at radius 2 is 1.85 bits per heavy atom. The molecule has 0 radical (unpaired) electrons. The van der Waals surface area contributed by atoms with Gasteiger partial charge in [-0.15, -0.1) is 0 Å². The lowest BCUT2D eigenvalue weighted by Crippen LogP contribution is -2.45. The van der Waals surface area contributed by atoms with E-state index < -0.39 is 15.6 Å². The standard InChI is InChI=1S/C20H24N2O3S/c1-15(23)22-12-11-17-13-18(9-10-19(17)22)26(24,25)21-20(2,3)14-16-7-5-4-6-8-16/h4-10,13,21H,11-12,14H2,1-3H3. The van der Waals surface area contributed by atoms with E-state index in [-0.39, 0.29) is 10.8 Å². The van der Waals surface area contributed by atoms with Gasteiger partial charge in [0.2, 0.25) is 15.9 Å². The van der Waals surface area contributed by atoms with Gasteiger partial charge in [0.15, 0.2) is 0 Å². The molecule has 0 aliphatic carbocycles. The largest absolute Gasteiger partial charge is 0.312 e. The number of carbonyl (C=O) groups is 1. The topological polar surface area (TPSA) is 66.5 Å². The maximum absolute atomic E-state index is 12.9. The highest BCUT2D eigenvalue weighted by atomic mass is 32.2. The van der Waals surface area contributed by atoms with E-state index in [0.717, 1.165) is 16.8 Å². The van der Waals surface area contributed by atoms with Crippen molar-refractivity contribution in [3.63, 3.8) is 0 Å². The van der Waals surface area contributed by atoms with Gasteiger partial charge in [0, 0.05) is 24.7 Å². The quantitative estimate of drug-likeness (QED) is 0.878. The van der Waals surface area contributed by atoms with Crippen molar-refractivity contribution in [1.82, 2.24) is 4.72 Å². The number of amides is 1. The van der Waals surface area contributed by atoms with E-state index in [0.29, 0.717) is 19.4 Å². The molecule has 3 rings (SSSR count). The molecule has 1 aliphatic rings. The molecule has 1 aliphatic heterocycles. The van der Waals surface area contributed by atoms with Gasteiger partial charge in [0.1, 0.15) is 0 Å². The summed E-state index contributed by atoms with van der Waals surface area (Å²) in [5.41, 5.74) is 2.15. The first-order valence-electron chi connectivity index (χ1n) is 8.67. The summed E-state index contributed by atoms with van der Waals surface area (Å²) in [6, 6.07) is 14.8. The molecule has 0 saturated carbocycles. The molecule has 1 amide bonds. The van der Waals surface area contributed by atoms with Gasteiger partial charge in [-0.1, -0.05) is 30.3 Å². The Morgan fingerprint density at radius 1 is 1.15 bits per heavy atom. The Hall–Kier alpha value is -2.18. The maximum atomic E-state index is 12.9. The van der Waals surface area contributed by atoms with E-state index in [9.17, 15) is 13.2 Å². The molecule has 1 heterocycles. The molecular formula is C20H24N2O3S. The van der Waals surface area contributed by atoms with Gasteiger partial charge in [-0.2, -0.15) is 0 Å². The molecule has 0 unspecified atom stereocenters. The molecule has 0 atom stereocenters. The molecule has 0 bridgehead atoms. The van der Waals surface area contributed by atoms with Gasteiger partial charge in [0.25, 0.3) is 0 Å². The van der Waals surface area contributed by atoms with Crippen molar-refractivity contribution >= 4 is 21.6 Å². The van der Waals surface area contributed by atoms with Gasteiger partial charge < -0.3 is 4.90 Å². The minimum Gasteiger partial charge on any atom is -0.312 e. The predicted octanol–water partition coefficient (Wildman–Crippen LogP) is 2.90. The highest BCUT2D eigenvalue weighted by Crippen LogP contribution is 2.30. The van der Waals surface area contributed by atoms with Crippen LogP contribution in [0.25, 0.3) is 0 Å². The van der Waals surface area contributed by atoms with Crippen LogP contribution in [0.4, 0.5) is 5.69 Å². The van der Waals surface area contributed by atoms with E-state index in [4.69, 9.17) is 0 Å². The molecule has 0 saturated heterocycles. The van der Waals surface area contributed by atoms with Crippen LogP contribution >= 0.6 is 0 Å². The van der Waals surface area contributed by atoms with Crippen LogP contribution in [0.2, 0.25) is 0 Å². The first kappa shape index (κ1) is 18.6. The van der Waals surface area contributed by atoms with Gasteiger partial charge in [-0.05, 0) is 56.0 Å². The molecule has 2 aromatic carbocycles. The number of nitrogens with zero attached hydrogens (tertiary/aromatic N) is 1. The molecule has 138 valence electrons. The second-order valence-corrected chi connectivity index (χ2v) is 9.05. The zero-order valence-electron chi connectivity index (χ0n) is 15.3. The summed E-state index contributed by atoms with van der Waals surface area (Å²) in [5.74, 6) is -0.0264. The zero-order chi connectivity index (χ0) is 18.9. The minimum atomic E-state index is -3.65. The third kappa shape index (κ3) is 3.97. The normalized spacial score (nSPS) is 14.3. The summed E-state index contributed by atoms with van der Waals surface area (Å²) in [6.07, 6.45) is 1.27. The average molecular weight is 372 g/mol. The van der Waals surface area contributed by atoms with Crippen molar-refractivity contribution in [3.05, 3.63) is 59.7 Å². The van der Waals surface area contributed by atoms with Gasteiger partial charge in [-0.3, -0.25) is 4.79 Å². The average Bonchev–Trinajstić information content (AvgIpc) is 2.97. The number of hydrogen-bond acceptors (Lipinski definition) is 3. The molecule has 2 aromatic rings. The third-order valence-electron chi connectivity index (χ3n) is 4.54. The highest BCUT2D eigenvalue weighted by Gasteiger charge is 2.29. The monoisotopic (exact) mass is 372 g/mol. The Bertz CT molecular complexity index is 921. The molecule has 1 N–H and O–H groups in total. The zero-order valence-corrected chi connectivity index (χ0v) is 16.1. The van der Waals surface area contributed by atoms with Crippen LogP contribution in [0.1, 0.15) is 31.9 Å². The minimum absolute atomic E-state index is 0.0264. The third-order valence-corrected chi connectivity index (χ3v) is 6.23. The van der Waals surface area contributed by atoms with Crippen LogP contribution < -0.4 is 9.62 Å². The Kier molecular flexibility index (Phi) is 4.90. The van der Waals surface area contributed by atoms with Crippen molar-refractivity contribution in [3.8, 4) is 0 Å². The van der Waals surface area contributed by atoms with E-state index in [1.165, 1.54) is 6.92 Å². The van der Waals surface area contributed by atoms with E-state index in [1.807, 2.05) is 44.2 Å². The highest BCUT2D eigenvalue weighted by molar-refractivity contribution is 7.89. The number of benzene rings is 2. The van der Waals surface area contributed by atoms with Crippen molar-refractivity contribution in [2.24, 2.45) is 0 Å². The Morgan fingerprint density at radius 3 is 2.50 bits per heavy atom. The Balaban J connectivity index is 1.81. The van der Waals surface area contributed by atoms with E-state index in [2.05, 4.69) is 4.72 Å². The SMILES string of the molecule is CC(=O)N1CCc2cc(S(=O)(=O)NC(C)(C)Cc3ccccc3)ccc21. The smallest absolute Gasteiger partial charge is 0.241 e. The molecule has 0 aromatic heterocycles. The van der Waals surface area contributed by atoms with Crippen molar-refractivity contribution < 1.29 is 13.2 Å². The fourth-order valence-corrected chi connectivity index (χ4v) is 4.90. The lowest BCUT2D eigenvalue weighted by atomic mass is 9.96. The molecule has 0 fully saturated rings. The second kappa shape index (κ2) is 6.85. The molecule has 0 spiro atoms. The molecule has 26 heavy (non-hydrogen) atoms. The molecule has 6 heteroatoms. The number of hydrogen-bond donors (Lipinski definition) is 1. The van der Waals surface area contributed by atoms with Gasteiger partial charge >= 0.3 is 0 Å². The lowest BCUT2D eigenvalue weighted by molar-refractivity contribution is -0.116. The maximum Gasteiger partial charge on any atom is 0.241 e. The van der Waals surface area contributed by atoms with Crippen LogP contribution in [0.3, 0.4) is 0 Å². The lowest BCUT2D eigenvalue weighted by Gasteiger charge is -2.26. The number of carbonyl (C=O) groups excluding carboxylic acids is 1. The molecule has 5 nitrogen and oxygen atoms in total. The van der Waals surface area contributed by atoms with Crippen LogP contribution in [0, 0.1) is 0 Å².